The van der Waals surface area contributed by atoms with Crippen molar-refractivity contribution in [3.05, 3.63) is 24.5 Å². The molecular weight excluding hydrogens is 132 g/mol. The van der Waals surface area contributed by atoms with Crippen molar-refractivity contribution in [2.75, 3.05) is 12.4 Å². The van der Waals surface area contributed by atoms with Crippen LogP contribution in [0.3, 0.4) is 0 Å². The van der Waals surface area contributed by atoms with Crippen LogP contribution in [-0.4, -0.2) is 7.05 Å². The standard InChI is InChI=1S/C6H8N2S/c1-7-6-2-4-8(9)5-3-6/h2-5,9H,1H3/p+1. The van der Waals surface area contributed by atoms with E-state index in [1.54, 1.807) is 3.97 Å². The van der Waals surface area contributed by atoms with Crippen LogP contribution in [0, 0.1) is 0 Å². The van der Waals surface area contributed by atoms with Crippen LogP contribution in [0.2, 0.25) is 0 Å². The molecule has 0 bridgehead atoms. The number of rotatable bonds is 1. The Morgan fingerprint density at radius 3 is 2.44 bits per heavy atom. The molecule has 2 nitrogen and oxygen atoms in total. The fourth-order valence-electron chi connectivity index (χ4n) is 0.585. The lowest BCUT2D eigenvalue weighted by Crippen LogP contribution is -2.17. The van der Waals surface area contributed by atoms with E-state index in [9.17, 15) is 0 Å². The molecule has 0 amide bonds. The van der Waals surface area contributed by atoms with Gasteiger partial charge in [0.05, 0.1) is 0 Å². The van der Waals surface area contributed by atoms with Gasteiger partial charge >= 0.3 is 0 Å². The van der Waals surface area contributed by atoms with Crippen LogP contribution in [-0.2, 0) is 0 Å². The number of nitrogens with zero attached hydrogens (tertiary/aromatic N) is 1. The highest BCUT2D eigenvalue weighted by Crippen LogP contribution is 1.99. The molecule has 0 aliphatic carbocycles. The van der Waals surface area contributed by atoms with Crippen molar-refractivity contribution >= 4 is 18.5 Å². The third-order valence-electron chi connectivity index (χ3n) is 1.10. The van der Waals surface area contributed by atoms with Crippen molar-refractivity contribution in [2.24, 2.45) is 0 Å². The zero-order valence-corrected chi connectivity index (χ0v) is 6.10. The summed E-state index contributed by atoms with van der Waals surface area (Å²) in [5, 5.41) is 3.01. The monoisotopic (exact) mass is 141 g/mol. The molecule has 1 aromatic heterocycles. The third kappa shape index (κ3) is 1.61. The van der Waals surface area contributed by atoms with Crippen LogP contribution in [0.25, 0.3) is 0 Å². The first kappa shape index (κ1) is 6.42. The highest BCUT2D eigenvalue weighted by Gasteiger charge is 1.90. The Morgan fingerprint density at radius 2 is 2.00 bits per heavy atom. The maximum absolute atomic E-state index is 4.06. The van der Waals surface area contributed by atoms with Crippen molar-refractivity contribution < 1.29 is 3.97 Å². The number of pyridine rings is 1. The molecule has 0 atom stereocenters. The van der Waals surface area contributed by atoms with Gasteiger partial charge in [-0.15, -0.1) is 3.97 Å². The lowest BCUT2D eigenvalue weighted by molar-refractivity contribution is -0.489. The molecule has 1 N–H and O–H groups in total. The van der Waals surface area contributed by atoms with E-state index in [1.807, 2.05) is 31.6 Å². The Bertz CT molecular complexity index is 183. The average molecular weight is 141 g/mol. The summed E-state index contributed by atoms with van der Waals surface area (Å²) >= 11 is 4.06. The smallest absolute Gasteiger partial charge is 0.185 e. The Hall–Kier alpha value is -0.700. The summed E-state index contributed by atoms with van der Waals surface area (Å²) in [4.78, 5) is 0. The predicted octanol–water partition coefficient (Wildman–Crippen LogP) is 0.709. The molecule has 48 valence electrons. The van der Waals surface area contributed by atoms with Gasteiger partial charge in [0.15, 0.2) is 12.4 Å². The molecule has 0 fully saturated rings. The molecule has 0 unspecified atom stereocenters. The second-order valence-electron chi connectivity index (χ2n) is 1.72. The van der Waals surface area contributed by atoms with E-state index in [-0.39, 0.29) is 0 Å². The van der Waals surface area contributed by atoms with Gasteiger partial charge in [-0.3, -0.25) is 0 Å². The summed E-state index contributed by atoms with van der Waals surface area (Å²) in [6.45, 7) is 0. The number of hydrogen-bond acceptors (Lipinski definition) is 2. The molecule has 0 aromatic carbocycles. The predicted molar refractivity (Wildman–Crippen MR) is 40.6 cm³/mol. The molecule has 0 saturated heterocycles. The summed E-state index contributed by atoms with van der Waals surface area (Å²) in [7, 11) is 1.89. The summed E-state index contributed by atoms with van der Waals surface area (Å²) in [5.41, 5.74) is 1.10. The third-order valence-corrected chi connectivity index (χ3v) is 1.37. The van der Waals surface area contributed by atoms with Crippen LogP contribution in [0.5, 0.6) is 0 Å². The van der Waals surface area contributed by atoms with Gasteiger partial charge in [0.1, 0.15) is 12.8 Å². The molecule has 0 radical (unpaired) electrons. The summed E-state index contributed by atoms with van der Waals surface area (Å²) in [6.07, 6.45) is 3.74. The number of anilines is 1. The molecule has 1 heterocycles. The minimum atomic E-state index is 1.10. The largest absolute Gasteiger partial charge is 0.388 e. The fraction of sp³-hybridized carbons (Fsp3) is 0.167. The minimum absolute atomic E-state index is 1.10. The van der Waals surface area contributed by atoms with Gasteiger partial charge < -0.3 is 5.32 Å². The van der Waals surface area contributed by atoms with Crippen LogP contribution in [0.1, 0.15) is 0 Å². The molecule has 9 heavy (non-hydrogen) atoms. The Morgan fingerprint density at radius 1 is 1.44 bits per heavy atom. The SMILES string of the molecule is CNc1cc[n+](S)cc1. The van der Waals surface area contributed by atoms with Gasteiger partial charge in [0.2, 0.25) is 0 Å². The van der Waals surface area contributed by atoms with Crippen molar-refractivity contribution in [2.45, 2.75) is 0 Å². The second-order valence-corrected chi connectivity index (χ2v) is 2.18. The first-order valence-electron chi connectivity index (χ1n) is 2.71. The Labute approximate surface area is 60.1 Å². The lowest BCUT2D eigenvalue weighted by Gasteiger charge is -1.93. The fourth-order valence-corrected chi connectivity index (χ4v) is 0.719. The summed E-state index contributed by atoms with van der Waals surface area (Å²) in [6, 6.07) is 3.90. The van der Waals surface area contributed by atoms with Gasteiger partial charge in [-0.05, 0) is 0 Å². The van der Waals surface area contributed by atoms with Crippen LogP contribution < -0.4 is 9.29 Å². The lowest BCUT2D eigenvalue weighted by atomic mass is 10.4. The van der Waals surface area contributed by atoms with Gasteiger partial charge in [-0.2, -0.15) is 0 Å². The summed E-state index contributed by atoms with van der Waals surface area (Å²) < 4.78 is 1.70. The number of nitrogens with one attached hydrogen (secondary N) is 1. The number of aromatic nitrogens is 1. The average Bonchev–Trinajstić information content (AvgIpc) is 1.90. The normalized spacial score (nSPS) is 9.11. The Kier molecular flexibility index (Phi) is 1.95. The minimum Gasteiger partial charge on any atom is -0.388 e. The van der Waals surface area contributed by atoms with Crippen LogP contribution in [0.15, 0.2) is 24.5 Å². The van der Waals surface area contributed by atoms with E-state index < -0.39 is 0 Å². The zero-order chi connectivity index (χ0) is 6.69. The van der Waals surface area contributed by atoms with Crippen molar-refractivity contribution in [1.82, 2.24) is 0 Å². The topological polar surface area (TPSA) is 15.9 Å². The van der Waals surface area contributed by atoms with E-state index in [2.05, 4.69) is 18.1 Å². The highest BCUT2D eigenvalue weighted by atomic mass is 32.1. The zero-order valence-electron chi connectivity index (χ0n) is 5.20. The van der Waals surface area contributed by atoms with Crippen molar-refractivity contribution in [3.8, 4) is 0 Å². The number of thiol groups is 1. The maximum Gasteiger partial charge on any atom is 0.185 e. The van der Waals surface area contributed by atoms with Gasteiger partial charge in [-0.25, -0.2) is 0 Å². The van der Waals surface area contributed by atoms with Crippen molar-refractivity contribution in [3.63, 3.8) is 0 Å². The van der Waals surface area contributed by atoms with Crippen LogP contribution in [0.4, 0.5) is 5.69 Å². The summed E-state index contributed by atoms with van der Waals surface area (Å²) in [5.74, 6) is 0. The highest BCUT2D eigenvalue weighted by molar-refractivity contribution is 7.73. The molecule has 0 aliphatic rings. The second kappa shape index (κ2) is 2.73. The maximum atomic E-state index is 4.06. The van der Waals surface area contributed by atoms with E-state index in [0.29, 0.717) is 0 Å². The van der Waals surface area contributed by atoms with E-state index >= 15 is 0 Å². The molecule has 0 aliphatic heterocycles. The molecule has 0 saturated carbocycles. The van der Waals surface area contributed by atoms with E-state index in [0.717, 1.165) is 5.69 Å². The van der Waals surface area contributed by atoms with Crippen molar-refractivity contribution in [1.29, 1.82) is 0 Å². The quantitative estimate of drug-likeness (QED) is 0.435. The molecule has 1 aromatic rings. The van der Waals surface area contributed by atoms with E-state index in [1.165, 1.54) is 0 Å². The Balaban J connectivity index is 2.88. The van der Waals surface area contributed by atoms with Gasteiger partial charge in [0.25, 0.3) is 0 Å². The first-order chi connectivity index (χ1) is 4.33. The van der Waals surface area contributed by atoms with Gasteiger partial charge in [-0.1, -0.05) is 0 Å². The van der Waals surface area contributed by atoms with E-state index in [4.69, 9.17) is 0 Å². The molecule has 3 heteroatoms. The molecule has 1 rings (SSSR count). The van der Waals surface area contributed by atoms with Gasteiger partial charge in [0, 0.05) is 24.9 Å². The first-order valence-corrected chi connectivity index (χ1v) is 3.11. The van der Waals surface area contributed by atoms with Crippen LogP contribution >= 0.6 is 12.8 Å². The molecular formula is C6H9N2S+. The molecule has 0 spiro atoms. The number of hydrogen-bond donors (Lipinski definition) is 2.